The van der Waals surface area contributed by atoms with Crippen molar-refractivity contribution >= 4 is 28.9 Å². The van der Waals surface area contributed by atoms with E-state index in [-0.39, 0.29) is 23.4 Å². The standard InChI is InChI=1S/C17H13NO5/c19-14-7-3-4-10-18(14)15(20)9-8-12-16(21)11-5-1-2-6-13(11)23-17(12)22/h1-3,5-9,21H,4,10H2/b9-8+. The Morgan fingerprint density at radius 2 is 2.04 bits per heavy atom. The Bertz CT molecular complexity index is 907. The highest BCUT2D eigenvalue weighted by Crippen LogP contribution is 2.26. The van der Waals surface area contributed by atoms with Crippen LogP contribution in [0, 0.1) is 0 Å². The van der Waals surface area contributed by atoms with Crippen molar-refractivity contribution in [2.45, 2.75) is 6.42 Å². The molecule has 0 unspecified atom stereocenters. The van der Waals surface area contributed by atoms with Gasteiger partial charge in [0, 0.05) is 12.6 Å². The number of imide groups is 1. The van der Waals surface area contributed by atoms with Gasteiger partial charge in [0.05, 0.1) is 5.39 Å². The highest BCUT2D eigenvalue weighted by molar-refractivity contribution is 6.07. The molecule has 3 rings (SSSR count). The van der Waals surface area contributed by atoms with Gasteiger partial charge in [0.2, 0.25) is 0 Å². The fraction of sp³-hybridized carbons (Fsp3) is 0.118. The average Bonchev–Trinajstić information content (AvgIpc) is 2.55. The number of carbonyl (C=O) groups is 2. The van der Waals surface area contributed by atoms with E-state index < -0.39 is 17.4 Å². The summed E-state index contributed by atoms with van der Waals surface area (Å²) in [4.78, 5) is 36.6. The zero-order valence-corrected chi connectivity index (χ0v) is 12.1. The summed E-state index contributed by atoms with van der Waals surface area (Å²) in [5.41, 5.74) is -0.623. The Labute approximate surface area is 130 Å². The Balaban J connectivity index is 1.95. The Morgan fingerprint density at radius 3 is 2.83 bits per heavy atom. The molecule has 0 aliphatic carbocycles. The first kappa shape index (κ1) is 14.8. The van der Waals surface area contributed by atoms with Crippen LogP contribution in [0.5, 0.6) is 5.75 Å². The number of hydrogen-bond acceptors (Lipinski definition) is 5. The maximum absolute atomic E-state index is 12.0. The topological polar surface area (TPSA) is 87.8 Å². The number of para-hydroxylation sites is 1. The molecule has 0 bridgehead atoms. The van der Waals surface area contributed by atoms with Crippen molar-refractivity contribution in [2.75, 3.05) is 6.54 Å². The third-order valence-electron chi connectivity index (χ3n) is 3.52. The first-order chi connectivity index (χ1) is 11.1. The second-order valence-electron chi connectivity index (χ2n) is 5.00. The molecule has 0 saturated heterocycles. The van der Waals surface area contributed by atoms with Crippen LogP contribution < -0.4 is 5.63 Å². The van der Waals surface area contributed by atoms with Crippen LogP contribution in [-0.4, -0.2) is 28.4 Å². The van der Waals surface area contributed by atoms with E-state index in [1.54, 1.807) is 30.3 Å². The normalized spacial score (nSPS) is 14.8. The van der Waals surface area contributed by atoms with E-state index in [0.29, 0.717) is 11.8 Å². The number of aromatic hydroxyl groups is 1. The minimum atomic E-state index is -0.755. The van der Waals surface area contributed by atoms with E-state index in [1.807, 2.05) is 0 Å². The van der Waals surface area contributed by atoms with Gasteiger partial charge >= 0.3 is 5.63 Å². The second kappa shape index (κ2) is 5.92. The molecule has 2 heterocycles. The summed E-state index contributed by atoms with van der Waals surface area (Å²) in [6.45, 7) is 0.289. The van der Waals surface area contributed by atoms with Gasteiger partial charge in [-0.05, 0) is 30.7 Å². The Morgan fingerprint density at radius 1 is 1.26 bits per heavy atom. The van der Waals surface area contributed by atoms with Gasteiger partial charge in [0.25, 0.3) is 11.8 Å². The van der Waals surface area contributed by atoms with E-state index in [1.165, 1.54) is 12.2 Å². The highest BCUT2D eigenvalue weighted by Gasteiger charge is 2.19. The number of fused-ring (bicyclic) bond motifs is 1. The molecule has 6 heteroatoms. The third kappa shape index (κ3) is 2.78. The summed E-state index contributed by atoms with van der Waals surface area (Å²) in [7, 11) is 0. The first-order valence-electron chi connectivity index (χ1n) is 7.03. The molecule has 2 amide bonds. The van der Waals surface area contributed by atoms with Crippen LogP contribution >= 0.6 is 0 Å². The van der Waals surface area contributed by atoms with Gasteiger partial charge < -0.3 is 9.52 Å². The SMILES string of the molecule is O=C1C=CCCN1C(=O)/C=C/c1c(O)c2ccccc2oc1=O. The predicted octanol–water partition coefficient (Wildman–Crippen LogP) is 1.83. The number of rotatable bonds is 2. The van der Waals surface area contributed by atoms with Crippen molar-refractivity contribution in [3.8, 4) is 5.75 Å². The maximum Gasteiger partial charge on any atom is 0.347 e. The molecular formula is C17H13NO5. The van der Waals surface area contributed by atoms with Crippen molar-refractivity contribution < 1.29 is 19.1 Å². The minimum absolute atomic E-state index is 0.128. The van der Waals surface area contributed by atoms with Crippen molar-refractivity contribution in [1.82, 2.24) is 4.90 Å². The van der Waals surface area contributed by atoms with Gasteiger partial charge in [-0.1, -0.05) is 18.2 Å². The summed E-state index contributed by atoms with van der Waals surface area (Å²) in [6, 6.07) is 6.54. The summed E-state index contributed by atoms with van der Waals surface area (Å²) >= 11 is 0. The molecule has 0 atom stereocenters. The fourth-order valence-electron chi connectivity index (χ4n) is 2.35. The van der Waals surface area contributed by atoms with Crippen molar-refractivity contribution in [1.29, 1.82) is 0 Å². The largest absolute Gasteiger partial charge is 0.506 e. The molecule has 0 spiro atoms. The van der Waals surface area contributed by atoms with Crippen LogP contribution in [-0.2, 0) is 9.59 Å². The number of hydrogen-bond donors (Lipinski definition) is 1. The van der Waals surface area contributed by atoms with Gasteiger partial charge in [0.1, 0.15) is 16.9 Å². The summed E-state index contributed by atoms with van der Waals surface area (Å²) in [5.74, 6) is -1.21. The molecule has 0 saturated carbocycles. The Kier molecular flexibility index (Phi) is 3.80. The van der Waals surface area contributed by atoms with Crippen LogP contribution in [0.1, 0.15) is 12.0 Å². The average molecular weight is 311 g/mol. The molecule has 6 nitrogen and oxygen atoms in total. The van der Waals surface area contributed by atoms with Crippen molar-refractivity contribution in [3.63, 3.8) is 0 Å². The monoisotopic (exact) mass is 311 g/mol. The number of carbonyl (C=O) groups excluding carboxylic acids is 2. The summed E-state index contributed by atoms with van der Waals surface area (Å²) in [5, 5.41) is 10.6. The van der Waals surface area contributed by atoms with Crippen LogP contribution in [0.15, 0.2) is 51.7 Å². The molecule has 2 aromatic rings. The Hall–Kier alpha value is -3.15. The molecule has 1 aliphatic rings. The van der Waals surface area contributed by atoms with E-state index >= 15 is 0 Å². The predicted molar refractivity (Wildman–Crippen MR) is 83.7 cm³/mol. The molecular weight excluding hydrogens is 298 g/mol. The molecule has 1 aromatic carbocycles. The molecule has 1 N–H and O–H groups in total. The zero-order valence-electron chi connectivity index (χ0n) is 12.1. The van der Waals surface area contributed by atoms with Gasteiger partial charge in [0.15, 0.2) is 0 Å². The van der Waals surface area contributed by atoms with Gasteiger partial charge in [-0.15, -0.1) is 0 Å². The maximum atomic E-state index is 12.0. The van der Waals surface area contributed by atoms with Gasteiger partial charge in [-0.25, -0.2) is 4.79 Å². The lowest BCUT2D eigenvalue weighted by molar-refractivity contribution is -0.139. The number of nitrogens with zero attached hydrogens (tertiary/aromatic N) is 1. The van der Waals surface area contributed by atoms with Crippen LogP contribution in [0.4, 0.5) is 0 Å². The summed E-state index contributed by atoms with van der Waals surface area (Å²) < 4.78 is 5.10. The van der Waals surface area contributed by atoms with Crippen LogP contribution in [0.2, 0.25) is 0 Å². The van der Waals surface area contributed by atoms with E-state index in [9.17, 15) is 19.5 Å². The zero-order chi connectivity index (χ0) is 16.4. The number of benzene rings is 1. The minimum Gasteiger partial charge on any atom is -0.506 e. The van der Waals surface area contributed by atoms with Crippen molar-refractivity contribution in [3.05, 3.63) is 58.5 Å². The van der Waals surface area contributed by atoms with Crippen LogP contribution in [0.25, 0.3) is 17.0 Å². The third-order valence-corrected chi connectivity index (χ3v) is 3.52. The second-order valence-corrected chi connectivity index (χ2v) is 5.00. The lowest BCUT2D eigenvalue weighted by Crippen LogP contribution is -2.37. The lowest BCUT2D eigenvalue weighted by Gasteiger charge is -2.19. The van der Waals surface area contributed by atoms with E-state index in [0.717, 1.165) is 11.0 Å². The smallest absolute Gasteiger partial charge is 0.347 e. The molecule has 23 heavy (non-hydrogen) atoms. The fourth-order valence-corrected chi connectivity index (χ4v) is 2.35. The first-order valence-corrected chi connectivity index (χ1v) is 7.03. The quantitative estimate of drug-likeness (QED) is 0.675. The molecule has 0 fully saturated rings. The highest BCUT2D eigenvalue weighted by atomic mass is 16.4. The van der Waals surface area contributed by atoms with E-state index in [2.05, 4.69) is 0 Å². The van der Waals surface area contributed by atoms with E-state index in [4.69, 9.17) is 4.42 Å². The number of amides is 2. The van der Waals surface area contributed by atoms with Crippen molar-refractivity contribution in [2.24, 2.45) is 0 Å². The summed E-state index contributed by atoms with van der Waals surface area (Å²) in [6.07, 6.45) is 5.87. The molecule has 0 radical (unpaired) electrons. The van der Waals surface area contributed by atoms with Crippen LogP contribution in [0.3, 0.4) is 0 Å². The molecule has 1 aromatic heterocycles. The van der Waals surface area contributed by atoms with Gasteiger partial charge in [-0.2, -0.15) is 0 Å². The molecule has 1 aliphatic heterocycles. The van der Waals surface area contributed by atoms with Gasteiger partial charge in [-0.3, -0.25) is 14.5 Å². The lowest BCUT2D eigenvalue weighted by atomic mass is 10.1. The molecule has 116 valence electrons.